The Morgan fingerprint density at radius 1 is 0.636 bits per heavy atom. The average Bonchev–Trinajstić information content (AvgIpc) is 2.59. The van der Waals surface area contributed by atoms with Gasteiger partial charge in [-0.1, -0.05) is 38.8 Å². The van der Waals surface area contributed by atoms with E-state index in [9.17, 15) is 9.59 Å². The van der Waals surface area contributed by atoms with Gasteiger partial charge in [0.1, 0.15) is 13.6 Å². The lowest BCUT2D eigenvalue weighted by Crippen LogP contribution is -2.02. The lowest BCUT2D eigenvalue weighted by molar-refractivity contribution is -0.138. The summed E-state index contributed by atoms with van der Waals surface area (Å²) >= 11 is 0. The van der Waals surface area contributed by atoms with Gasteiger partial charge in [0.25, 0.3) is 0 Å². The minimum atomic E-state index is -0.362. The van der Waals surface area contributed by atoms with E-state index in [1.807, 2.05) is 13.6 Å². The van der Waals surface area contributed by atoms with Gasteiger partial charge in [-0.2, -0.15) is 0 Å². The summed E-state index contributed by atoms with van der Waals surface area (Å²) in [6.07, 6.45) is 8.38. The number of unbranched alkanes of at least 4 members (excludes halogenated alkanes) is 5. The maximum absolute atomic E-state index is 10.7. The number of esters is 2. The first kappa shape index (κ1) is 24.8. The largest absolute Gasteiger partial charge is 0.463 e. The van der Waals surface area contributed by atoms with Gasteiger partial charge >= 0.3 is 11.9 Å². The van der Waals surface area contributed by atoms with Gasteiger partial charge in [0.15, 0.2) is 0 Å². The van der Waals surface area contributed by atoms with Gasteiger partial charge in [-0.05, 0) is 12.8 Å². The molecule has 0 aliphatic heterocycles. The fourth-order valence-corrected chi connectivity index (χ4v) is 1.37. The zero-order valence-electron chi connectivity index (χ0n) is 13.1. The van der Waals surface area contributed by atoms with Gasteiger partial charge in [-0.25, -0.2) is 9.59 Å². The molecule has 6 heteroatoms. The SMILES string of the molecule is C=CC(=O)OCCCCCCCCOC(=O)C=C.C=O.C=O. The van der Waals surface area contributed by atoms with Crippen LogP contribution >= 0.6 is 0 Å². The molecule has 22 heavy (non-hydrogen) atoms. The third-order valence-corrected chi connectivity index (χ3v) is 2.36. The number of carbonyl (C=O) groups excluding carboxylic acids is 4. The summed E-state index contributed by atoms with van der Waals surface area (Å²) in [5, 5.41) is 0. The third-order valence-electron chi connectivity index (χ3n) is 2.36. The van der Waals surface area contributed by atoms with Crippen LogP contribution in [-0.4, -0.2) is 38.7 Å². The van der Waals surface area contributed by atoms with Crippen LogP contribution in [0.15, 0.2) is 25.3 Å². The van der Waals surface area contributed by atoms with Crippen LogP contribution in [0.2, 0.25) is 0 Å². The first-order valence-corrected chi connectivity index (χ1v) is 6.87. The molecule has 0 fully saturated rings. The maximum Gasteiger partial charge on any atom is 0.330 e. The molecule has 0 heterocycles. The molecule has 126 valence electrons. The highest BCUT2D eigenvalue weighted by Crippen LogP contribution is 2.05. The molecule has 0 rings (SSSR count). The van der Waals surface area contributed by atoms with Crippen molar-refractivity contribution in [2.75, 3.05) is 13.2 Å². The topological polar surface area (TPSA) is 86.7 Å². The molecule has 0 saturated heterocycles. The van der Waals surface area contributed by atoms with Crippen molar-refractivity contribution in [3.63, 3.8) is 0 Å². The fraction of sp³-hybridized carbons (Fsp3) is 0.500. The average molecular weight is 314 g/mol. The summed E-state index contributed by atoms with van der Waals surface area (Å²) in [7, 11) is 0. The summed E-state index contributed by atoms with van der Waals surface area (Å²) in [4.78, 5) is 37.4. The van der Waals surface area contributed by atoms with E-state index in [0.717, 1.165) is 38.5 Å². The Labute approximate surface area is 132 Å². The van der Waals surface area contributed by atoms with Crippen molar-refractivity contribution in [2.45, 2.75) is 38.5 Å². The van der Waals surface area contributed by atoms with Gasteiger partial charge in [-0.15, -0.1) is 0 Å². The van der Waals surface area contributed by atoms with Crippen molar-refractivity contribution in [1.82, 2.24) is 0 Å². The van der Waals surface area contributed by atoms with Crippen LogP contribution in [-0.2, 0) is 28.7 Å². The van der Waals surface area contributed by atoms with Gasteiger partial charge in [-0.3, -0.25) is 0 Å². The molecule has 6 nitrogen and oxygen atoms in total. The molecule has 0 spiro atoms. The second kappa shape index (κ2) is 23.8. The number of hydrogen-bond acceptors (Lipinski definition) is 6. The summed E-state index contributed by atoms with van der Waals surface area (Å²) in [5.41, 5.74) is 0. The molecule has 0 aromatic carbocycles. The second-order valence-corrected chi connectivity index (χ2v) is 3.86. The van der Waals surface area contributed by atoms with Crippen molar-refractivity contribution in [2.24, 2.45) is 0 Å². The Morgan fingerprint density at radius 2 is 0.909 bits per heavy atom. The lowest BCUT2D eigenvalue weighted by atomic mass is 10.1. The predicted octanol–water partition coefficient (Wildman–Crippen LogP) is 2.42. The molecule has 0 saturated carbocycles. The van der Waals surface area contributed by atoms with Crippen LogP contribution in [0.3, 0.4) is 0 Å². The van der Waals surface area contributed by atoms with Crippen LogP contribution in [0.4, 0.5) is 0 Å². The smallest absolute Gasteiger partial charge is 0.330 e. The van der Waals surface area contributed by atoms with Crippen LogP contribution < -0.4 is 0 Å². The molecule has 0 aromatic heterocycles. The van der Waals surface area contributed by atoms with E-state index >= 15 is 0 Å². The zero-order chi connectivity index (χ0) is 17.6. The van der Waals surface area contributed by atoms with E-state index in [1.54, 1.807) is 0 Å². The number of rotatable bonds is 11. The summed E-state index contributed by atoms with van der Waals surface area (Å²) in [6.45, 7) is 11.6. The lowest BCUT2D eigenvalue weighted by Gasteiger charge is -2.03. The van der Waals surface area contributed by atoms with E-state index in [-0.39, 0.29) is 11.9 Å². The normalized spacial score (nSPS) is 8.18. The van der Waals surface area contributed by atoms with Crippen molar-refractivity contribution in [1.29, 1.82) is 0 Å². The Kier molecular flexibility index (Phi) is 26.8. The van der Waals surface area contributed by atoms with E-state index < -0.39 is 0 Å². The molecule has 0 radical (unpaired) electrons. The number of carbonyl (C=O) groups is 4. The molecule has 0 atom stereocenters. The number of hydrogen-bond donors (Lipinski definition) is 0. The summed E-state index contributed by atoms with van der Waals surface area (Å²) in [5.74, 6) is -0.724. The van der Waals surface area contributed by atoms with Crippen molar-refractivity contribution < 1.29 is 28.7 Å². The zero-order valence-corrected chi connectivity index (χ0v) is 13.1. The first-order valence-electron chi connectivity index (χ1n) is 6.87. The van der Waals surface area contributed by atoms with Crippen LogP contribution in [0, 0.1) is 0 Å². The summed E-state index contributed by atoms with van der Waals surface area (Å²) < 4.78 is 9.70. The third kappa shape index (κ3) is 22.9. The Morgan fingerprint density at radius 3 is 1.18 bits per heavy atom. The van der Waals surface area contributed by atoms with Crippen molar-refractivity contribution in [3.8, 4) is 0 Å². The quantitative estimate of drug-likeness (QED) is 0.331. The van der Waals surface area contributed by atoms with Crippen molar-refractivity contribution in [3.05, 3.63) is 25.3 Å². The highest BCUT2D eigenvalue weighted by molar-refractivity contribution is 5.81. The fourth-order valence-electron chi connectivity index (χ4n) is 1.37. The molecule has 0 aromatic rings. The minimum Gasteiger partial charge on any atom is -0.463 e. The molecule has 0 unspecified atom stereocenters. The molecule has 0 aliphatic rings. The Hall–Kier alpha value is -2.24. The van der Waals surface area contributed by atoms with E-state index in [0.29, 0.717) is 13.2 Å². The van der Waals surface area contributed by atoms with Crippen LogP contribution in [0.1, 0.15) is 38.5 Å². The van der Waals surface area contributed by atoms with Gasteiger partial charge < -0.3 is 19.1 Å². The standard InChI is InChI=1S/C14H22O4.2CH2O/c1-3-13(15)17-11-9-7-5-6-8-10-12-18-14(16)4-2;2*1-2/h3-4H,1-2,5-12H2;2*1H2. The summed E-state index contributed by atoms with van der Waals surface area (Å²) in [6, 6.07) is 0. The maximum atomic E-state index is 10.7. The molecule has 0 N–H and O–H groups in total. The van der Waals surface area contributed by atoms with E-state index in [4.69, 9.17) is 19.1 Å². The first-order chi connectivity index (χ1) is 10.7. The minimum absolute atomic E-state index is 0.362. The number of ether oxygens (including phenoxy) is 2. The monoisotopic (exact) mass is 314 g/mol. The molecule has 0 amide bonds. The Bertz CT molecular complexity index is 271. The van der Waals surface area contributed by atoms with Crippen LogP contribution in [0.25, 0.3) is 0 Å². The molecular weight excluding hydrogens is 288 g/mol. The molecular formula is C16H26O6. The Balaban J connectivity index is -0.000000826. The van der Waals surface area contributed by atoms with E-state index in [2.05, 4.69) is 13.2 Å². The second-order valence-electron chi connectivity index (χ2n) is 3.86. The van der Waals surface area contributed by atoms with E-state index in [1.165, 1.54) is 12.2 Å². The molecule has 0 bridgehead atoms. The van der Waals surface area contributed by atoms with Gasteiger partial charge in [0.05, 0.1) is 13.2 Å². The van der Waals surface area contributed by atoms with Gasteiger partial charge in [0, 0.05) is 12.2 Å². The van der Waals surface area contributed by atoms with Crippen LogP contribution in [0.5, 0.6) is 0 Å². The highest BCUT2D eigenvalue weighted by Gasteiger charge is 1.97. The van der Waals surface area contributed by atoms with Crippen molar-refractivity contribution >= 4 is 25.5 Å². The molecule has 0 aliphatic carbocycles. The predicted molar refractivity (Wildman–Crippen MR) is 84.3 cm³/mol. The van der Waals surface area contributed by atoms with Gasteiger partial charge in [0.2, 0.25) is 0 Å². The highest BCUT2D eigenvalue weighted by atomic mass is 16.5.